The van der Waals surface area contributed by atoms with Crippen LogP contribution in [0.15, 0.2) is 171 Å². The molecule has 222 valence electrons. The van der Waals surface area contributed by atoms with Crippen LogP contribution in [-0.4, -0.2) is 11.2 Å². The van der Waals surface area contributed by atoms with E-state index in [0.29, 0.717) is 0 Å². The molecular weight excluding hydrogens is 571 g/mol. The molecule has 1 aromatic heterocycles. The number of nitrogens with one attached hydrogen (secondary N) is 1. The Balaban J connectivity index is 1.26. The summed E-state index contributed by atoms with van der Waals surface area (Å²) >= 11 is 0. The monoisotopic (exact) mass is 601 g/mol. The van der Waals surface area contributed by atoms with Gasteiger partial charge >= 0.3 is 0 Å². The lowest BCUT2D eigenvalue weighted by Gasteiger charge is -2.27. The molecule has 0 amide bonds. The zero-order valence-corrected chi connectivity index (χ0v) is 25.8. The first-order valence-corrected chi connectivity index (χ1v) is 15.7. The van der Waals surface area contributed by atoms with Crippen LogP contribution in [0.25, 0.3) is 60.9 Å². The summed E-state index contributed by atoms with van der Waals surface area (Å²) in [5.74, 6) is 0. The molecule has 1 N–H and O–H groups in total. The smallest absolute Gasteiger partial charge is 0.0473 e. The standard InChI is InChI=1S/C44H31N3/c1-2-30(21-24-45)33-27-34(31-22-25-46-26-23-31)29-37(28-33)47(35-9-4-3-5-10-35)36-17-15-32(16-18-36)38-19-20-43-40-12-7-6-11-39(40)42-14-8-13-41(38)44(42)43/h2-29,45H,1H2/b30-21+,45-24?. The highest BCUT2D eigenvalue weighted by Gasteiger charge is 2.22. The second kappa shape index (κ2) is 11.9. The third-order valence-electron chi connectivity index (χ3n) is 9.00. The minimum Gasteiger partial charge on any atom is -0.310 e. The molecule has 3 nitrogen and oxygen atoms in total. The van der Waals surface area contributed by atoms with Crippen molar-refractivity contribution in [3.63, 3.8) is 0 Å². The Labute approximate surface area is 275 Å². The number of pyridine rings is 1. The average Bonchev–Trinajstić information content (AvgIpc) is 3.47. The third-order valence-corrected chi connectivity index (χ3v) is 9.00. The molecule has 0 saturated carbocycles. The molecule has 7 aromatic rings. The average molecular weight is 602 g/mol. The van der Waals surface area contributed by atoms with Gasteiger partial charge in [0.05, 0.1) is 0 Å². The molecule has 0 spiro atoms. The van der Waals surface area contributed by atoms with Crippen LogP contribution in [0.1, 0.15) is 5.56 Å². The summed E-state index contributed by atoms with van der Waals surface area (Å²) in [4.78, 5) is 6.52. The zero-order valence-electron chi connectivity index (χ0n) is 25.8. The first kappa shape index (κ1) is 28.2. The number of rotatable bonds is 8. The van der Waals surface area contributed by atoms with Crippen molar-refractivity contribution in [2.45, 2.75) is 0 Å². The van der Waals surface area contributed by atoms with Crippen LogP contribution in [0.4, 0.5) is 17.1 Å². The second-order valence-electron chi connectivity index (χ2n) is 11.6. The van der Waals surface area contributed by atoms with E-state index in [-0.39, 0.29) is 0 Å². The highest BCUT2D eigenvalue weighted by Crippen LogP contribution is 2.49. The van der Waals surface area contributed by atoms with E-state index in [0.717, 1.165) is 39.3 Å². The number of anilines is 3. The van der Waals surface area contributed by atoms with E-state index >= 15 is 0 Å². The van der Waals surface area contributed by atoms with Crippen molar-refractivity contribution in [1.82, 2.24) is 4.98 Å². The molecular formula is C44H31N3. The molecule has 3 heteroatoms. The van der Waals surface area contributed by atoms with Crippen molar-refractivity contribution in [3.05, 3.63) is 176 Å². The van der Waals surface area contributed by atoms with E-state index in [1.807, 2.05) is 30.6 Å². The Kier molecular flexibility index (Phi) is 7.12. The summed E-state index contributed by atoms with van der Waals surface area (Å²) < 4.78 is 0. The van der Waals surface area contributed by atoms with Gasteiger partial charge in [0.25, 0.3) is 0 Å². The Hall–Kier alpha value is -6.32. The van der Waals surface area contributed by atoms with Crippen LogP contribution in [-0.2, 0) is 0 Å². The number of hydrogen-bond acceptors (Lipinski definition) is 3. The van der Waals surface area contributed by atoms with Gasteiger partial charge in [0, 0.05) is 35.7 Å². The maximum atomic E-state index is 7.75. The van der Waals surface area contributed by atoms with Gasteiger partial charge in [-0.25, -0.2) is 0 Å². The summed E-state index contributed by atoms with van der Waals surface area (Å²) in [7, 11) is 0. The Bertz CT molecular complexity index is 2290. The van der Waals surface area contributed by atoms with E-state index in [2.05, 4.69) is 138 Å². The Morgan fingerprint density at radius 1 is 0.553 bits per heavy atom. The van der Waals surface area contributed by atoms with Gasteiger partial charge in [-0.3, -0.25) is 4.98 Å². The van der Waals surface area contributed by atoms with Crippen molar-refractivity contribution in [3.8, 4) is 44.5 Å². The summed E-state index contributed by atoms with van der Waals surface area (Å²) in [6, 6.07) is 49.8. The van der Waals surface area contributed by atoms with Crippen LogP contribution < -0.4 is 4.90 Å². The maximum Gasteiger partial charge on any atom is 0.0473 e. The topological polar surface area (TPSA) is 40.0 Å². The number of para-hydroxylation sites is 1. The molecule has 0 saturated heterocycles. The zero-order chi connectivity index (χ0) is 31.7. The molecule has 8 rings (SSSR count). The largest absolute Gasteiger partial charge is 0.310 e. The van der Waals surface area contributed by atoms with Crippen LogP contribution in [0.5, 0.6) is 0 Å². The summed E-state index contributed by atoms with van der Waals surface area (Å²) in [5.41, 5.74) is 14.7. The van der Waals surface area contributed by atoms with E-state index in [4.69, 9.17) is 5.41 Å². The molecule has 1 aliphatic carbocycles. The molecule has 0 aliphatic heterocycles. The summed E-state index contributed by atoms with van der Waals surface area (Å²) in [5, 5.41) is 10.3. The van der Waals surface area contributed by atoms with Gasteiger partial charge in [-0.15, -0.1) is 0 Å². The van der Waals surface area contributed by atoms with E-state index in [1.165, 1.54) is 50.4 Å². The highest BCUT2D eigenvalue weighted by atomic mass is 15.1. The third kappa shape index (κ3) is 4.95. The molecule has 0 atom stereocenters. The minimum atomic E-state index is 0.884. The van der Waals surface area contributed by atoms with E-state index in [9.17, 15) is 0 Å². The summed E-state index contributed by atoms with van der Waals surface area (Å²) in [6.45, 7) is 4.04. The number of allylic oxidation sites excluding steroid dienone is 3. The molecule has 1 heterocycles. The van der Waals surface area contributed by atoms with Gasteiger partial charge in [-0.05, 0) is 127 Å². The molecule has 0 fully saturated rings. The molecule has 0 unspecified atom stereocenters. The van der Waals surface area contributed by atoms with Crippen molar-refractivity contribution in [2.24, 2.45) is 0 Å². The Morgan fingerprint density at radius 3 is 1.94 bits per heavy atom. The summed E-state index contributed by atoms with van der Waals surface area (Å²) in [6.07, 6.45) is 8.52. The molecule has 0 bridgehead atoms. The SMILES string of the molecule is C=C/C(=C\C=N)c1cc(-c2ccncc2)cc(N(c2ccccc2)c2ccc(-c3ccc4c5c(cccc35)-c3ccccc3-4)cc2)c1. The Morgan fingerprint density at radius 2 is 1.21 bits per heavy atom. The fourth-order valence-electron chi connectivity index (χ4n) is 6.86. The van der Waals surface area contributed by atoms with E-state index < -0.39 is 0 Å². The fraction of sp³-hybridized carbons (Fsp3) is 0. The van der Waals surface area contributed by atoms with Crippen LogP contribution in [0.3, 0.4) is 0 Å². The van der Waals surface area contributed by atoms with Gasteiger partial charge in [-0.2, -0.15) is 0 Å². The first-order valence-electron chi connectivity index (χ1n) is 15.7. The molecule has 1 aliphatic rings. The lowest BCUT2D eigenvalue weighted by molar-refractivity contribution is 1.28. The number of nitrogens with zero attached hydrogens (tertiary/aromatic N) is 2. The molecule has 6 aromatic carbocycles. The predicted molar refractivity (Wildman–Crippen MR) is 199 cm³/mol. The van der Waals surface area contributed by atoms with Crippen LogP contribution >= 0.6 is 0 Å². The van der Waals surface area contributed by atoms with Gasteiger partial charge in [0.1, 0.15) is 0 Å². The van der Waals surface area contributed by atoms with Gasteiger partial charge in [-0.1, -0.05) is 97.6 Å². The lowest BCUT2D eigenvalue weighted by Crippen LogP contribution is -2.10. The normalized spacial score (nSPS) is 11.7. The second-order valence-corrected chi connectivity index (χ2v) is 11.6. The van der Waals surface area contributed by atoms with Gasteiger partial charge in [0.15, 0.2) is 0 Å². The predicted octanol–water partition coefficient (Wildman–Crippen LogP) is 11.9. The van der Waals surface area contributed by atoms with Crippen molar-refractivity contribution in [2.75, 3.05) is 4.90 Å². The first-order chi connectivity index (χ1) is 23.2. The van der Waals surface area contributed by atoms with Crippen LogP contribution in [0.2, 0.25) is 0 Å². The number of fused-ring (bicyclic) bond motifs is 3. The number of benzene rings is 6. The fourth-order valence-corrected chi connectivity index (χ4v) is 6.86. The quantitative estimate of drug-likeness (QED) is 0.139. The molecule has 0 radical (unpaired) electrons. The minimum absolute atomic E-state index is 0.884. The molecule has 47 heavy (non-hydrogen) atoms. The van der Waals surface area contributed by atoms with E-state index in [1.54, 1.807) is 12.2 Å². The lowest BCUT2D eigenvalue weighted by atomic mass is 9.94. The van der Waals surface area contributed by atoms with Gasteiger partial charge in [0.2, 0.25) is 0 Å². The highest BCUT2D eigenvalue weighted by molar-refractivity contribution is 6.18. The maximum absolute atomic E-state index is 7.75. The van der Waals surface area contributed by atoms with Crippen molar-refractivity contribution < 1.29 is 0 Å². The van der Waals surface area contributed by atoms with Crippen molar-refractivity contribution >= 4 is 39.6 Å². The van der Waals surface area contributed by atoms with Crippen LogP contribution in [0, 0.1) is 5.41 Å². The van der Waals surface area contributed by atoms with Gasteiger partial charge < -0.3 is 10.3 Å². The number of aromatic nitrogens is 1. The van der Waals surface area contributed by atoms with Crippen molar-refractivity contribution in [1.29, 1.82) is 5.41 Å². The number of hydrogen-bond donors (Lipinski definition) is 1.